The fraction of sp³-hybridized carbons (Fsp3) is 0.174. The van der Waals surface area contributed by atoms with Gasteiger partial charge < -0.3 is 4.74 Å². The van der Waals surface area contributed by atoms with E-state index >= 15 is 0 Å². The highest BCUT2D eigenvalue weighted by Crippen LogP contribution is 2.35. The van der Waals surface area contributed by atoms with Gasteiger partial charge in [-0.25, -0.2) is 8.42 Å². The van der Waals surface area contributed by atoms with Crippen LogP contribution in [0, 0.1) is 6.92 Å². The normalized spacial score (nSPS) is 12.2. The Morgan fingerprint density at radius 3 is 2.44 bits per heavy atom. The largest absolute Gasteiger partial charge is 0.468 e. The van der Waals surface area contributed by atoms with Crippen molar-refractivity contribution >= 4 is 49.2 Å². The molecule has 32 heavy (non-hydrogen) atoms. The Morgan fingerprint density at radius 2 is 1.75 bits per heavy atom. The van der Waals surface area contributed by atoms with Gasteiger partial charge in [0, 0.05) is 9.50 Å². The lowest BCUT2D eigenvalue weighted by Gasteiger charge is -2.24. The number of anilines is 1. The SMILES string of the molecule is COC(=O)CN[C@@H](c1ccccc1Cl)c1cc(Br)ccc1NS(=O)(=O)c1ccccc1C. The van der Waals surface area contributed by atoms with E-state index in [0.717, 1.165) is 4.47 Å². The second kappa shape index (κ2) is 10.5. The summed E-state index contributed by atoms with van der Waals surface area (Å²) in [5.41, 5.74) is 2.27. The Labute approximate surface area is 201 Å². The molecule has 1 atom stereocenters. The van der Waals surface area contributed by atoms with Crippen LogP contribution in [-0.2, 0) is 19.6 Å². The molecule has 3 aromatic carbocycles. The number of halogens is 2. The Bertz CT molecular complexity index is 1230. The lowest BCUT2D eigenvalue weighted by molar-refractivity contribution is -0.139. The zero-order chi connectivity index (χ0) is 23.3. The first-order valence-corrected chi connectivity index (χ1v) is 12.3. The molecule has 0 radical (unpaired) electrons. The van der Waals surface area contributed by atoms with Crippen molar-refractivity contribution in [2.24, 2.45) is 0 Å². The Balaban J connectivity index is 2.09. The van der Waals surface area contributed by atoms with Crippen LogP contribution < -0.4 is 10.0 Å². The molecule has 0 spiro atoms. The number of carbonyl (C=O) groups is 1. The molecule has 0 unspecified atom stereocenters. The van der Waals surface area contributed by atoms with Gasteiger partial charge in [0.1, 0.15) is 0 Å². The number of sulfonamides is 1. The molecule has 0 aliphatic rings. The zero-order valence-electron chi connectivity index (χ0n) is 17.4. The number of ether oxygens (including phenoxy) is 1. The van der Waals surface area contributed by atoms with Gasteiger partial charge in [-0.15, -0.1) is 0 Å². The number of aryl methyl sites for hydroxylation is 1. The number of esters is 1. The molecule has 9 heteroatoms. The Hall–Kier alpha value is -2.39. The summed E-state index contributed by atoms with van der Waals surface area (Å²) in [5.74, 6) is -0.459. The lowest BCUT2D eigenvalue weighted by atomic mass is 9.97. The lowest BCUT2D eigenvalue weighted by Crippen LogP contribution is -2.30. The standard InChI is InChI=1S/C23H22BrClN2O4S/c1-15-7-3-6-10-21(15)32(29,30)27-20-12-11-16(24)13-18(20)23(26-14-22(28)31-2)17-8-4-5-9-19(17)25/h3-13,23,26-27H,14H2,1-2H3/t23-/m0/s1. The van der Waals surface area contributed by atoms with Crippen LogP contribution in [0.15, 0.2) is 76.1 Å². The van der Waals surface area contributed by atoms with E-state index in [1.54, 1.807) is 61.5 Å². The minimum absolute atomic E-state index is 0.0944. The molecule has 0 bridgehead atoms. The monoisotopic (exact) mass is 536 g/mol. The van der Waals surface area contributed by atoms with E-state index in [-0.39, 0.29) is 11.4 Å². The number of methoxy groups -OCH3 is 1. The molecule has 2 N–H and O–H groups in total. The number of carbonyl (C=O) groups excluding carboxylic acids is 1. The van der Waals surface area contributed by atoms with Gasteiger partial charge in [-0.1, -0.05) is 63.9 Å². The van der Waals surface area contributed by atoms with E-state index in [9.17, 15) is 13.2 Å². The van der Waals surface area contributed by atoms with Crippen LogP contribution in [-0.4, -0.2) is 28.0 Å². The van der Waals surface area contributed by atoms with Crippen LogP contribution in [0.1, 0.15) is 22.7 Å². The van der Waals surface area contributed by atoms with Gasteiger partial charge in [0.2, 0.25) is 0 Å². The summed E-state index contributed by atoms with van der Waals surface area (Å²) in [6, 6.07) is 18.5. The highest BCUT2D eigenvalue weighted by Gasteiger charge is 2.24. The highest BCUT2D eigenvalue weighted by molar-refractivity contribution is 9.10. The van der Waals surface area contributed by atoms with Gasteiger partial charge in [-0.2, -0.15) is 0 Å². The van der Waals surface area contributed by atoms with Crippen molar-refractivity contribution in [3.8, 4) is 0 Å². The second-order valence-corrected chi connectivity index (χ2v) is 9.99. The summed E-state index contributed by atoms with van der Waals surface area (Å²) in [5, 5.41) is 3.61. The molecule has 0 saturated carbocycles. The van der Waals surface area contributed by atoms with Crippen molar-refractivity contribution in [3.63, 3.8) is 0 Å². The first-order valence-electron chi connectivity index (χ1n) is 9.65. The minimum Gasteiger partial charge on any atom is -0.468 e. The molecule has 0 heterocycles. The summed E-state index contributed by atoms with van der Waals surface area (Å²) in [7, 11) is -2.56. The predicted octanol–water partition coefficient (Wildman–Crippen LogP) is 5.06. The van der Waals surface area contributed by atoms with Crippen LogP contribution in [0.3, 0.4) is 0 Å². The number of hydrogen-bond acceptors (Lipinski definition) is 5. The average molecular weight is 538 g/mol. The maximum atomic E-state index is 13.2. The van der Waals surface area contributed by atoms with Gasteiger partial charge >= 0.3 is 5.97 Å². The number of nitrogens with one attached hydrogen (secondary N) is 2. The fourth-order valence-electron chi connectivity index (χ4n) is 3.28. The molecule has 3 aromatic rings. The van der Waals surface area contributed by atoms with Gasteiger partial charge in [-0.05, 0) is 53.9 Å². The maximum absolute atomic E-state index is 13.2. The number of benzene rings is 3. The van der Waals surface area contributed by atoms with Crippen molar-refractivity contribution in [2.75, 3.05) is 18.4 Å². The first-order chi connectivity index (χ1) is 15.2. The van der Waals surface area contributed by atoms with Gasteiger partial charge in [0.25, 0.3) is 10.0 Å². The molecule has 0 amide bonds. The molecule has 6 nitrogen and oxygen atoms in total. The molecule has 0 fully saturated rings. The summed E-state index contributed by atoms with van der Waals surface area (Å²) in [6.07, 6.45) is 0. The van der Waals surface area contributed by atoms with Gasteiger partial charge in [0.05, 0.1) is 30.3 Å². The number of rotatable bonds is 8. The molecule has 3 rings (SSSR count). The summed E-state index contributed by atoms with van der Waals surface area (Å²) >= 11 is 9.91. The van der Waals surface area contributed by atoms with Crippen molar-refractivity contribution < 1.29 is 17.9 Å². The van der Waals surface area contributed by atoms with E-state index in [2.05, 4.69) is 26.0 Å². The van der Waals surface area contributed by atoms with Crippen LogP contribution in [0.4, 0.5) is 5.69 Å². The van der Waals surface area contributed by atoms with Crippen LogP contribution in [0.25, 0.3) is 0 Å². The maximum Gasteiger partial charge on any atom is 0.319 e. The molecule has 0 saturated heterocycles. The van der Waals surface area contributed by atoms with Crippen LogP contribution in [0.5, 0.6) is 0 Å². The summed E-state index contributed by atoms with van der Waals surface area (Å²) in [6.45, 7) is 1.64. The molecule has 0 aliphatic carbocycles. The fourth-order valence-corrected chi connectivity index (χ4v) is 5.24. The van der Waals surface area contributed by atoms with E-state index in [1.165, 1.54) is 7.11 Å². The third-order valence-electron chi connectivity index (χ3n) is 4.85. The molecular weight excluding hydrogens is 516 g/mol. The second-order valence-electron chi connectivity index (χ2n) is 7.01. The highest BCUT2D eigenvalue weighted by atomic mass is 79.9. The predicted molar refractivity (Wildman–Crippen MR) is 129 cm³/mol. The van der Waals surface area contributed by atoms with E-state index in [4.69, 9.17) is 16.3 Å². The molecule has 168 valence electrons. The van der Waals surface area contributed by atoms with E-state index in [0.29, 0.717) is 27.4 Å². The molecule has 0 aliphatic heterocycles. The minimum atomic E-state index is -3.86. The van der Waals surface area contributed by atoms with Gasteiger partial charge in [-0.3, -0.25) is 14.8 Å². The number of hydrogen-bond donors (Lipinski definition) is 2. The average Bonchev–Trinajstić information content (AvgIpc) is 2.76. The van der Waals surface area contributed by atoms with E-state index in [1.807, 2.05) is 12.1 Å². The van der Waals surface area contributed by atoms with Crippen LogP contribution in [0.2, 0.25) is 5.02 Å². The van der Waals surface area contributed by atoms with Crippen LogP contribution >= 0.6 is 27.5 Å². The zero-order valence-corrected chi connectivity index (χ0v) is 20.6. The quantitative estimate of drug-likeness (QED) is 0.392. The van der Waals surface area contributed by atoms with Crippen molar-refractivity contribution in [2.45, 2.75) is 17.9 Å². The third-order valence-corrected chi connectivity index (χ3v) is 7.21. The summed E-state index contributed by atoms with van der Waals surface area (Å²) < 4.78 is 34.5. The summed E-state index contributed by atoms with van der Waals surface area (Å²) in [4.78, 5) is 12.0. The van der Waals surface area contributed by atoms with Crippen molar-refractivity contribution in [3.05, 3.63) is 92.9 Å². The molecule has 0 aromatic heterocycles. The van der Waals surface area contributed by atoms with Crippen molar-refractivity contribution in [1.29, 1.82) is 0 Å². The molecular formula is C23H22BrClN2O4S. The third kappa shape index (κ3) is 5.69. The first kappa shape index (κ1) is 24.3. The topological polar surface area (TPSA) is 84.5 Å². The van der Waals surface area contributed by atoms with E-state index < -0.39 is 22.0 Å². The smallest absolute Gasteiger partial charge is 0.319 e. The van der Waals surface area contributed by atoms with Gasteiger partial charge in [0.15, 0.2) is 0 Å². The van der Waals surface area contributed by atoms with Crippen molar-refractivity contribution in [1.82, 2.24) is 5.32 Å². The Kier molecular flexibility index (Phi) is 7.95. The Morgan fingerprint density at radius 1 is 1.06 bits per heavy atom.